The molecule has 22 heavy (non-hydrogen) atoms. The lowest BCUT2D eigenvalue weighted by Gasteiger charge is -2.49. The molecule has 2 saturated heterocycles. The van der Waals surface area contributed by atoms with Gasteiger partial charge in [0.25, 0.3) is 0 Å². The summed E-state index contributed by atoms with van der Waals surface area (Å²) in [6.07, 6.45) is 6.46. The van der Waals surface area contributed by atoms with E-state index < -0.39 is 0 Å². The number of morpholine rings is 1. The van der Waals surface area contributed by atoms with Gasteiger partial charge in [-0.1, -0.05) is 20.8 Å². The van der Waals surface area contributed by atoms with Gasteiger partial charge >= 0.3 is 0 Å². The molecule has 1 saturated carbocycles. The van der Waals surface area contributed by atoms with Crippen molar-refractivity contribution in [2.45, 2.75) is 76.7 Å². The number of likely N-dealkylation sites (N-methyl/N-ethyl adjacent to an activating group) is 1. The van der Waals surface area contributed by atoms with Gasteiger partial charge in [-0.25, -0.2) is 0 Å². The van der Waals surface area contributed by atoms with Crippen LogP contribution < -0.4 is 0 Å². The lowest BCUT2D eigenvalue weighted by Crippen LogP contribution is -2.62. The van der Waals surface area contributed by atoms with E-state index in [2.05, 4.69) is 30.6 Å². The van der Waals surface area contributed by atoms with E-state index in [1.54, 1.807) is 0 Å². The zero-order valence-electron chi connectivity index (χ0n) is 14.7. The number of likely N-dealkylation sites (tertiary alicyclic amines) is 1. The second kappa shape index (κ2) is 6.39. The van der Waals surface area contributed by atoms with Crippen LogP contribution in [-0.2, 0) is 4.74 Å². The van der Waals surface area contributed by atoms with Crippen molar-refractivity contribution in [1.82, 2.24) is 9.80 Å². The first-order valence-electron chi connectivity index (χ1n) is 9.33. The van der Waals surface area contributed by atoms with Gasteiger partial charge in [-0.2, -0.15) is 0 Å². The molecule has 0 radical (unpaired) electrons. The summed E-state index contributed by atoms with van der Waals surface area (Å²) in [7, 11) is 0. The Morgan fingerprint density at radius 2 is 1.95 bits per heavy atom. The van der Waals surface area contributed by atoms with Crippen LogP contribution in [0.2, 0.25) is 0 Å². The Morgan fingerprint density at radius 3 is 2.59 bits per heavy atom. The van der Waals surface area contributed by atoms with E-state index >= 15 is 0 Å². The minimum Gasteiger partial charge on any atom is -0.375 e. The van der Waals surface area contributed by atoms with Crippen molar-refractivity contribution in [1.29, 1.82) is 0 Å². The highest BCUT2D eigenvalue weighted by Crippen LogP contribution is 2.51. The van der Waals surface area contributed by atoms with Crippen molar-refractivity contribution >= 4 is 0 Å². The standard InChI is InChI=1S/C18H34N2O2/c1-4-20-14-17(22-18(8-9-18)16(20)21)7-5-11-19(13-10-17)12-6-15(2)3/h15-16,21H,4-14H2,1-3H3. The van der Waals surface area contributed by atoms with Crippen molar-refractivity contribution in [2.24, 2.45) is 5.92 Å². The third kappa shape index (κ3) is 3.35. The van der Waals surface area contributed by atoms with E-state index in [1.807, 2.05) is 0 Å². The summed E-state index contributed by atoms with van der Waals surface area (Å²) in [5.74, 6) is 0.781. The van der Waals surface area contributed by atoms with Crippen LogP contribution in [0.1, 0.15) is 59.3 Å². The molecule has 0 aromatic heterocycles. The highest BCUT2D eigenvalue weighted by Gasteiger charge is 2.60. The van der Waals surface area contributed by atoms with Gasteiger partial charge in [0.2, 0.25) is 0 Å². The van der Waals surface area contributed by atoms with E-state index in [0.717, 1.165) is 51.2 Å². The summed E-state index contributed by atoms with van der Waals surface area (Å²) in [5, 5.41) is 10.5. The molecule has 4 heteroatoms. The van der Waals surface area contributed by atoms with E-state index in [1.165, 1.54) is 25.9 Å². The van der Waals surface area contributed by atoms with Crippen LogP contribution in [-0.4, -0.2) is 65.1 Å². The first kappa shape index (κ1) is 16.7. The molecule has 2 spiro atoms. The molecule has 0 aromatic rings. The maximum Gasteiger partial charge on any atom is 0.136 e. The average Bonchev–Trinajstić information content (AvgIpc) is 3.27. The smallest absolute Gasteiger partial charge is 0.136 e. The van der Waals surface area contributed by atoms with E-state index in [9.17, 15) is 5.11 Å². The van der Waals surface area contributed by atoms with Crippen molar-refractivity contribution < 1.29 is 9.84 Å². The molecule has 3 fully saturated rings. The molecule has 1 N–H and O–H groups in total. The van der Waals surface area contributed by atoms with Crippen LogP contribution in [0.15, 0.2) is 0 Å². The predicted octanol–water partition coefficient (Wildman–Crippen LogP) is 2.46. The molecule has 2 unspecified atom stereocenters. The minimum absolute atomic E-state index is 0.0156. The first-order chi connectivity index (χ1) is 10.5. The lowest BCUT2D eigenvalue weighted by atomic mass is 9.90. The molecule has 3 aliphatic rings. The third-order valence-electron chi connectivity index (χ3n) is 5.89. The number of aliphatic hydroxyl groups excluding tert-OH is 1. The predicted molar refractivity (Wildman–Crippen MR) is 88.8 cm³/mol. The zero-order chi connectivity index (χ0) is 15.8. The summed E-state index contributed by atoms with van der Waals surface area (Å²) in [6, 6.07) is 0. The monoisotopic (exact) mass is 310 g/mol. The van der Waals surface area contributed by atoms with Gasteiger partial charge in [-0.05, 0) is 64.1 Å². The van der Waals surface area contributed by atoms with E-state index in [-0.39, 0.29) is 17.4 Å². The van der Waals surface area contributed by atoms with Crippen LogP contribution in [0.4, 0.5) is 0 Å². The molecule has 1 aliphatic carbocycles. The first-order valence-corrected chi connectivity index (χ1v) is 9.33. The van der Waals surface area contributed by atoms with Gasteiger partial charge in [0.15, 0.2) is 0 Å². The maximum atomic E-state index is 10.5. The normalized spacial score (nSPS) is 36.1. The summed E-state index contributed by atoms with van der Waals surface area (Å²) in [6.45, 7) is 12.2. The Bertz CT molecular complexity index is 383. The minimum atomic E-state index is -0.386. The largest absolute Gasteiger partial charge is 0.375 e. The molecular weight excluding hydrogens is 276 g/mol. The fourth-order valence-corrected chi connectivity index (χ4v) is 4.22. The highest BCUT2D eigenvalue weighted by atomic mass is 16.6. The molecule has 0 bridgehead atoms. The van der Waals surface area contributed by atoms with Crippen LogP contribution >= 0.6 is 0 Å². The molecule has 3 rings (SSSR count). The Kier molecular flexibility index (Phi) is 4.84. The van der Waals surface area contributed by atoms with Crippen molar-refractivity contribution in [2.75, 3.05) is 32.7 Å². The van der Waals surface area contributed by atoms with Gasteiger partial charge in [-0.3, -0.25) is 4.90 Å². The molecule has 2 aliphatic heterocycles. The fourth-order valence-electron chi connectivity index (χ4n) is 4.22. The zero-order valence-corrected chi connectivity index (χ0v) is 14.7. The molecule has 128 valence electrons. The van der Waals surface area contributed by atoms with Crippen LogP contribution in [0, 0.1) is 5.92 Å². The quantitative estimate of drug-likeness (QED) is 0.865. The second-order valence-corrected chi connectivity index (χ2v) is 8.16. The van der Waals surface area contributed by atoms with Gasteiger partial charge < -0.3 is 14.7 Å². The maximum absolute atomic E-state index is 10.5. The number of nitrogens with zero attached hydrogens (tertiary/aromatic N) is 2. The van der Waals surface area contributed by atoms with Crippen LogP contribution in [0.25, 0.3) is 0 Å². The van der Waals surface area contributed by atoms with Crippen molar-refractivity contribution in [3.8, 4) is 0 Å². The summed E-state index contributed by atoms with van der Waals surface area (Å²) in [4.78, 5) is 4.87. The number of rotatable bonds is 4. The molecule has 4 nitrogen and oxygen atoms in total. The topological polar surface area (TPSA) is 35.9 Å². The van der Waals surface area contributed by atoms with Crippen molar-refractivity contribution in [3.63, 3.8) is 0 Å². The average molecular weight is 310 g/mol. The second-order valence-electron chi connectivity index (χ2n) is 8.16. The number of ether oxygens (including phenoxy) is 1. The van der Waals surface area contributed by atoms with Crippen molar-refractivity contribution in [3.05, 3.63) is 0 Å². The Balaban J connectivity index is 1.63. The summed E-state index contributed by atoms with van der Waals surface area (Å²) < 4.78 is 6.59. The van der Waals surface area contributed by atoms with Gasteiger partial charge in [0.05, 0.1) is 5.60 Å². The lowest BCUT2D eigenvalue weighted by molar-refractivity contribution is -0.248. The SMILES string of the molecule is CCN1CC2(CCCN(CCC(C)C)CC2)OC2(CC2)C1O. The van der Waals surface area contributed by atoms with Crippen LogP contribution in [0.3, 0.4) is 0 Å². The summed E-state index contributed by atoms with van der Waals surface area (Å²) in [5.41, 5.74) is -0.250. The Hall–Kier alpha value is -0.160. The highest BCUT2D eigenvalue weighted by molar-refractivity contribution is 5.09. The van der Waals surface area contributed by atoms with E-state index in [4.69, 9.17) is 4.74 Å². The van der Waals surface area contributed by atoms with E-state index in [0.29, 0.717) is 0 Å². The fraction of sp³-hybridized carbons (Fsp3) is 1.00. The van der Waals surface area contributed by atoms with Gasteiger partial charge in [-0.15, -0.1) is 0 Å². The Morgan fingerprint density at radius 1 is 1.18 bits per heavy atom. The number of hydrogen-bond donors (Lipinski definition) is 1. The third-order valence-corrected chi connectivity index (χ3v) is 5.89. The Labute approximate surface area is 135 Å². The molecule has 2 heterocycles. The number of aliphatic hydroxyl groups is 1. The summed E-state index contributed by atoms with van der Waals surface area (Å²) >= 11 is 0. The number of hydrogen-bond acceptors (Lipinski definition) is 4. The van der Waals surface area contributed by atoms with Gasteiger partial charge in [0.1, 0.15) is 11.8 Å². The molecule has 2 atom stereocenters. The molecule has 0 amide bonds. The van der Waals surface area contributed by atoms with Crippen LogP contribution in [0.5, 0.6) is 0 Å². The molecular formula is C18H34N2O2. The van der Waals surface area contributed by atoms with Gasteiger partial charge in [0, 0.05) is 13.1 Å². The molecule has 0 aromatic carbocycles.